The Hall–Kier alpha value is -0.710. The highest BCUT2D eigenvalue weighted by Gasteiger charge is 2.55. The van der Waals surface area contributed by atoms with E-state index in [1.807, 2.05) is 6.08 Å². The van der Waals surface area contributed by atoms with Crippen LogP contribution in [0.2, 0.25) is 0 Å². The number of allylic oxidation sites excluding steroid dienone is 1. The van der Waals surface area contributed by atoms with Gasteiger partial charge in [0.25, 0.3) is 0 Å². The molecule has 1 heterocycles. The molecule has 1 amide bonds. The highest BCUT2D eigenvalue weighted by Crippen LogP contribution is 2.53. The lowest BCUT2D eigenvalue weighted by atomic mass is 9.65. The summed E-state index contributed by atoms with van der Waals surface area (Å²) in [7, 11) is 0. The van der Waals surface area contributed by atoms with E-state index < -0.39 is 11.6 Å². The van der Waals surface area contributed by atoms with Crippen LogP contribution in [0.3, 0.4) is 0 Å². The van der Waals surface area contributed by atoms with E-state index in [2.05, 4.69) is 12.2 Å². The standard InChI is InChI=1S/C18H27ClF3NO/c1-3-4-5-13(8-12-9-16(24)23-11-12)14-10-17(2,18(20,21)22)7-6-15(14)19/h8,13-15H,3-7,9-11H2,1-2H3,(H,23,24)/b12-8-. The van der Waals surface area contributed by atoms with Gasteiger partial charge in [0.1, 0.15) is 0 Å². The number of carbonyl (C=O) groups excluding carboxylic acids is 1. The summed E-state index contributed by atoms with van der Waals surface area (Å²) in [6.45, 7) is 3.91. The van der Waals surface area contributed by atoms with Crippen LogP contribution in [0.4, 0.5) is 13.2 Å². The number of amides is 1. The molecule has 0 aromatic carbocycles. The molecule has 0 spiro atoms. The Bertz CT molecular complexity index is 491. The van der Waals surface area contributed by atoms with Gasteiger partial charge in [0.15, 0.2) is 0 Å². The maximum atomic E-state index is 13.5. The average Bonchev–Trinajstić information content (AvgIpc) is 2.90. The summed E-state index contributed by atoms with van der Waals surface area (Å²) < 4.78 is 40.5. The first-order chi connectivity index (χ1) is 11.2. The minimum Gasteiger partial charge on any atom is -0.352 e. The predicted molar refractivity (Wildman–Crippen MR) is 89.9 cm³/mol. The molecule has 2 rings (SSSR count). The molecule has 1 N–H and O–H groups in total. The number of nitrogens with one attached hydrogen (secondary N) is 1. The van der Waals surface area contributed by atoms with Crippen molar-refractivity contribution in [1.82, 2.24) is 5.32 Å². The van der Waals surface area contributed by atoms with Crippen molar-refractivity contribution in [3.63, 3.8) is 0 Å². The number of hydrogen-bond donors (Lipinski definition) is 1. The second-order valence-corrected chi connectivity index (χ2v) is 8.13. The lowest BCUT2D eigenvalue weighted by Crippen LogP contribution is -2.44. The molecule has 4 unspecified atom stereocenters. The highest BCUT2D eigenvalue weighted by molar-refractivity contribution is 6.20. The summed E-state index contributed by atoms with van der Waals surface area (Å²) >= 11 is 6.47. The molecule has 138 valence electrons. The van der Waals surface area contributed by atoms with Gasteiger partial charge in [-0.05, 0) is 43.1 Å². The van der Waals surface area contributed by atoms with Gasteiger partial charge in [-0.25, -0.2) is 0 Å². The number of unbranched alkanes of at least 4 members (excludes halogenated alkanes) is 1. The van der Waals surface area contributed by atoms with Gasteiger partial charge in [0.2, 0.25) is 5.91 Å². The Morgan fingerprint density at radius 1 is 1.46 bits per heavy atom. The van der Waals surface area contributed by atoms with E-state index in [1.165, 1.54) is 6.92 Å². The van der Waals surface area contributed by atoms with Gasteiger partial charge in [-0.2, -0.15) is 13.2 Å². The first kappa shape index (κ1) is 19.6. The summed E-state index contributed by atoms with van der Waals surface area (Å²) in [6, 6.07) is 0. The molecular weight excluding hydrogens is 339 g/mol. The van der Waals surface area contributed by atoms with E-state index in [4.69, 9.17) is 11.6 Å². The molecule has 1 saturated heterocycles. The average molecular weight is 366 g/mol. The van der Waals surface area contributed by atoms with Crippen LogP contribution in [0.15, 0.2) is 11.6 Å². The van der Waals surface area contributed by atoms with Crippen LogP contribution in [0, 0.1) is 17.3 Å². The van der Waals surface area contributed by atoms with Crippen molar-refractivity contribution < 1.29 is 18.0 Å². The van der Waals surface area contributed by atoms with E-state index in [0.29, 0.717) is 19.4 Å². The summed E-state index contributed by atoms with van der Waals surface area (Å²) in [5, 5.41) is 2.53. The highest BCUT2D eigenvalue weighted by atomic mass is 35.5. The molecule has 2 aliphatic rings. The van der Waals surface area contributed by atoms with Crippen molar-refractivity contribution in [3.8, 4) is 0 Å². The molecule has 4 atom stereocenters. The van der Waals surface area contributed by atoms with Crippen molar-refractivity contribution in [2.75, 3.05) is 6.54 Å². The van der Waals surface area contributed by atoms with E-state index in [-0.39, 0.29) is 36.0 Å². The van der Waals surface area contributed by atoms with Crippen molar-refractivity contribution in [3.05, 3.63) is 11.6 Å². The molecule has 2 nitrogen and oxygen atoms in total. The fraction of sp³-hybridized carbons (Fsp3) is 0.833. The third-order valence-corrected chi connectivity index (χ3v) is 6.14. The van der Waals surface area contributed by atoms with Gasteiger partial charge >= 0.3 is 6.18 Å². The van der Waals surface area contributed by atoms with E-state index in [0.717, 1.165) is 24.8 Å². The van der Waals surface area contributed by atoms with Crippen LogP contribution in [0.1, 0.15) is 58.8 Å². The Balaban J connectivity index is 2.21. The van der Waals surface area contributed by atoms with Crippen LogP contribution in [-0.2, 0) is 4.79 Å². The molecule has 0 radical (unpaired) electrons. The summed E-state index contributed by atoms with van der Waals surface area (Å²) in [5.41, 5.74) is -0.667. The van der Waals surface area contributed by atoms with Crippen LogP contribution in [0.25, 0.3) is 0 Å². The van der Waals surface area contributed by atoms with Crippen molar-refractivity contribution in [2.24, 2.45) is 17.3 Å². The second kappa shape index (κ2) is 7.67. The zero-order valence-corrected chi connectivity index (χ0v) is 15.1. The second-order valence-electron chi connectivity index (χ2n) is 7.57. The molecule has 0 bridgehead atoms. The molecule has 6 heteroatoms. The van der Waals surface area contributed by atoms with Crippen molar-refractivity contribution in [1.29, 1.82) is 0 Å². The Morgan fingerprint density at radius 3 is 2.71 bits per heavy atom. The molecular formula is C18H27ClF3NO. The van der Waals surface area contributed by atoms with E-state index >= 15 is 0 Å². The number of halogens is 4. The molecule has 1 saturated carbocycles. The number of alkyl halides is 4. The van der Waals surface area contributed by atoms with Gasteiger partial charge in [-0.3, -0.25) is 4.79 Å². The number of carbonyl (C=O) groups is 1. The van der Waals surface area contributed by atoms with E-state index in [1.54, 1.807) is 0 Å². The van der Waals surface area contributed by atoms with Gasteiger partial charge < -0.3 is 5.32 Å². The maximum Gasteiger partial charge on any atom is 0.394 e. The van der Waals surface area contributed by atoms with Crippen molar-refractivity contribution >= 4 is 17.5 Å². The van der Waals surface area contributed by atoms with Crippen LogP contribution >= 0.6 is 11.6 Å². The Kier molecular flexibility index (Phi) is 6.27. The smallest absolute Gasteiger partial charge is 0.352 e. The molecule has 24 heavy (non-hydrogen) atoms. The topological polar surface area (TPSA) is 29.1 Å². The zero-order valence-electron chi connectivity index (χ0n) is 14.4. The molecule has 1 aliphatic carbocycles. The van der Waals surface area contributed by atoms with Crippen LogP contribution in [-0.4, -0.2) is 24.0 Å². The van der Waals surface area contributed by atoms with Crippen LogP contribution in [0.5, 0.6) is 0 Å². The van der Waals surface area contributed by atoms with Gasteiger partial charge in [0, 0.05) is 18.3 Å². The third-order valence-electron chi connectivity index (χ3n) is 5.60. The minimum absolute atomic E-state index is 0.0112. The van der Waals surface area contributed by atoms with Gasteiger partial charge in [-0.15, -0.1) is 11.6 Å². The maximum absolute atomic E-state index is 13.5. The quantitative estimate of drug-likeness (QED) is 0.525. The summed E-state index contributed by atoms with van der Waals surface area (Å²) in [6.07, 6.45) is 1.54. The lowest BCUT2D eigenvalue weighted by Gasteiger charge is -2.44. The van der Waals surface area contributed by atoms with Crippen molar-refractivity contribution in [2.45, 2.75) is 70.3 Å². The fourth-order valence-corrected chi connectivity index (χ4v) is 4.31. The third kappa shape index (κ3) is 4.47. The Morgan fingerprint density at radius 2 is 2.17 bits per heavy atom. The normalized spacial score (nSPS) is 34.4. The number of rotatable bonds is 5. The van der Waals surface area contributed by atoms with E-state index in [9.17, 15) is 18.0 Å². The minimum atomic E-state index is -4.20. The molecule has 2 fully saturated rings. The fourth-order valence-electron chi connectivity index (χ4n) is 3.92. The van der Waals surface area contributed by atoms with Gasteiger partial charge in [0.05, 0.1) is 5.41 Å². The zero-order chi connectivity index (χ0) is 18.0. The Labute approximate surface area is 147 Å². The largest absolute Gasteiger partial charge is 0.394 e. The summed E-state index contributed by atoms with van der Waals surface area (Å²) in [4.78, 5) is 11.4. The monoisotopic (exact) mass is 365 g/mol. The molecule has 0 aromatic rings. The first-order valence-electron chi connectivity index (χ1n) is 8.83. The lowest BCUT2D eigenvalue weighted by molar-refractivity contribution is -0.233. The molecule has 0 aromatic heterocycles. The number of hydrogen-bond acceptors (Lipinski definition) is 1. The predicted octanol–water partition coefficient (Wildman–Crippen LogP) is 5.22. The molecule has 1 aliphatic heterocycles. The van der Waals surface area contributed by atoms with Crippen LogP contribution < -0.4 is 5.32 Å². The first-order valence-corrected chi connectivity index (χ1v) is 9.27. The summed E-state index contributed by atoms with van der Waals surface area (Å²) in [5.74, 6) is -0.194. The SMILES string of the molecule is CCCCC(/C=C1\CNC(=O)C1)C1CC(C)(C(F)(F)F)CCC1Cl. The van der Waals surface area contributed by atoms with Gasteiger partial charge in [-0.1, -0.05) is 32.8 Å².